The van der Waals surface area contributed by atoms with Gasteiger partial charge in [0.05, 0.1) is 22.1 Å². The van der Waals surface area contributed by atoms with Gasteiger partial charge in [-0.3, -0.25) is 0 Å². The van der Waals surface area contributed by atoms with Crippen LogP contribution < -0.4 is 0 Å². The number of benzene rings is 9. The van der Waals surface area contributed by atoms with Gasteiger partial charge in [0.25, 0.3) is 0 Å². The maximum atomic E-state index is 2.45. The van der Waals surface area contributed by atoms with Crippen molar-refractivity contribution < 1.29 is 0 Å². The molecule has 2 aromatic heterocycles. The summed E-state index contributed by atoms with van der Waals surface area (Å²) in [6.45, 7) is 0. The average molecular weight is 713 g/mol. The Morgan fingerprint density at radius 3 is 1.27 bits per heavy atom. The van der Waals surface area contributed by atoms with Crippen LogP contribution in [0, 0.1) is 0 Å². The van der Waals surface area contributed by atoms with Crippen LogP contribution in [0.3, 0.4) is 0 Å². The van der Waals surface area contributed by atoms with E-state index in [0.717, 1.165) is 5.69 Å². The molecule has 0 saturated heterocycles. The fraction of sp³-hybridized carbons (Fsp3) is 0. The average Bonchev–Trinajstić information content (AvgIpc) is 3.79. The zero-order valence-electron chi connectivity index (χ0n) is 30.7. The third kappa shape index (κ3) is 5.34. The lowest BCUT2D eigenvalue weighted by Gasteiger charge is -2.12. The zero-order valence-corrected chi connectivity index (χ0v) is 30.7. The van der Waals surface area contributed by atoms with Gasteiger partial charge in [0, 0.05) is 32.9 Å². The third-order valence-electron chi connectivity index (χ3n) is 11.3. The highest BCUT2D eigenvalue weighted by Gasteiger charge is 2.17. The van der Waals surface area contributed by atoms with Crippen LogP contribution in [-0.2, 0) is 0 Å². The molecule has 56 heavy (non-hydrogen) atoms. The van der Waals surface area contributed by atoms with Gasteiger partial charge in [-0.1, -0.05) is 152 Å². The molecule has 0 spiro atoms. The van der Waals surface area contributed by atoms with Crippen LogP contribution in [0.5, 0.6) is 0 Å². The second kappa shape index (κ2) is 13.2. The van der Waals surface area contributed by atoms with Crippen molar-refractivity contribution in [2.24, 2.45) is 0 Å². The fourth-order valence-electron chi connectivity index (χ4n) is 8.63. The van der Waals surface area contributed by atoms with Crippen molar-refractivity contribution in [3.05, 3.63) is 218 Å². The Morgan fingerprint density at radius 2 is 0.607 bits per heavy atom. The summed E-state index contributed by atoms with van der Waals surface area (Å²) in [5.74, 6) is 0. The number of hydrogen-bond acceptors (Lipinski definition) is 0. The quantitative estimate of drug-likeness (QED) is 0.162. The van der Waals surface area contributed by atoms with E-state index in [1.165, 1.54) is 93.8 Å². The van der Waals surface area contributed by atoms with E-state index in [2.05, 4.69) is 228 Å². The van der Waals surface area contributed by atoms with E-state index in [1.807, 2.05) is 0 Å². The molecular weight excluding hydrogens is 677 g/mol. The molecule has 2 heterocycles. The summed E-state index contributed by atoms with van der Waals surface area (Å²) in [6.07, 6.45) is 0. The molecule has 0 radical (unpaired) electrons. The van der Waals surface area contributed by atoms with Gasteiger partial charge in [-0.25, -0.2) is 0 Å². The number of nitrogens with zero attached hydrogens (tertiary/aromatic N) is 2. The van der Waals surface area contributed by atoms with Crippen molar-refractivity contribution in [1.82, 2.24) is 9.13 Å². The third-order valence-corrected chi connectivity index (χ3v) is 11.3. The van der Waals surface area contributed by atoms with Gasteiger partial charge in [0.15, 0.2) is 0 Å². The van der Waals surface area contributed by atoms with Gasteiger partial charge in [-0.05, 0) is 111 Å². The predicted molar refractivity (Wildman–Crippen MR) is 237 cm³/mol. The number of aromatic nitrogens is 2. The molecule has 2 nitrogen and oxygen atoms in total. The van der Waals surface area contributed by atoms with Crippen LogP contribution in [0.4, 0.5) is 0 Å². The van der Waals surface area contributed by atoms with E-state index >= 15 is 0 Å². The second-order valence-corrected chi connectivity index (χ2v) is 14.6. The fourth-order valence-corrected chi connectivity index (χ4v) is 8.63. The van der Waals surface area contributed by atoms with Gasteiger partial charge in [0.2, 0.25) is 0 Å². The lowest BCUT2D eigenvalue weighted by molar-refractivity contribution is 1.18. The number of fused-ring (bicyclic) bond motifs is 6. The molecule has 11 aromatic rings. The Morgan fingerprint density at radius 1 is 0.196 bits per heavy atom. The summed E-state index contributed by atoms with van der Waals surface area (Å²) in [4.78, 5) is 0. The molecule has 0 N–H and O–H groups in total. The highest BCUT2D eigenvalue weighted by Crippen LogP contribution is 2.40. The van der Waals surface area contributed by atoms with Crippen LogP contribution in [0.25, 0.3) is 99.5 Å². The SMILES string of the molecule is c1ccc(-c2cccc(-c3ccc4c5cc(-c6ccc7c(c6)c6ccccc6n7-c6ccccc6)ccc5n(-c5cccc(-c6ccccc6)c5)c4c3)c2)cc1. The van der Waals surface area contributed by atoms with Crippen LogP contribution in [-0.4, -0.2) is 9.13 Å². The monoisotopic (exact) mass is 712 g/mol. The predicted octanol–water partition coefficient (Wildman–Crippen LogP) is 14.5. The Labute approximate surface area is 325 Å². The summed E-state index contributed by atoms with van der Waals surface area (Å²) in [7, 11) is 0. The topological polar surface area (TPSA) is 9.86 Å². The van der Waals surface area contributed by atoms with Crippen LogP contribution in [0.2, 0.25) is 0 Å². The van der Waals surface area contributed by atoms with Gasteiger partial charge >= 0.3 is 0 Å². The van der Waals surface area contributed by atoms with Gasteiger partial charge in [-0.15, -0.1) is 0 Å². The van der Waals surface area contributed by atoms with E-state index in [1.54, 1.807) is 0 Å². The molecule has 262 valence electrons. The molecular formula is C54H36N2. The molecule has 11 rings (SSSR count). The van der Waals surface area contributed by atoms with E-state index in [0.29, 0.717) is 0 Å². The van der Waals surface area contributed by atoms with Crippen molar-refractivity contribution >= 4 is 43.6 Å². The Hall–Kier alpha value is -7.42. The summed E-state index contributed by atoms with van der Waals surface area (Å²) in [5.41, 5.74) is 16.8. The first-order valence-electron chi connectivity index (χ1n) is 19.3. The largest absolute Gasteiger partial charge is 0.309 e. The lowest BCUT2D eigenvalue weighted by Crippen LogP contribution is -1.95. The molecule has 0 amide bonds. The van der Waals surface area contributed by atoms with Crippen LogP contribution in [0.15, 0.2) is 218 Å². The Bertz CT molecular complexity index is 3220. The number of rotatable bonds is 6. The second-order valence-electron chi connectivity index (χ2n) is 14.6. The minimum Gasteiger partial charge on any atom is -0.309 e. The summed E-state index contributed by atoms with van der Waals surface area (Å²) < 4.78 is 4.82. The first-order valence-corrected chi connectivity index (χ1v) is 19.3. The standard InChI is InChI=1S/C54H36N2/c1-4-14-37(15-5-1)39-18-12-19-40(32-39)44-26-29-48-50-35-43(28-31-53(50)56(54(48)36-44)46-23-13-20-41(33-46)38-16-6-2-7-17-38)42-27-30-52-49(34-42)47-24-10-11-25-51(47)55(52)45-21-8-3-9-22-45/h1-36H. The molecule has 0 aliphatic rings. The van der Waals surface area contributed by atoms with E-state index in [-0.39, 0.29) is 0 Å². The van der Waals surface area contributed by atoms with Crippen molar-refractivity contribution in [2.75, 3.05) is 0 Å². The highest BCUT2D eigenvalue weighted by atomic mass is 15.0. The molecule has 0 fully saturated rings. The van der Waals surface area contributed by atoms with Crippen molar-refractivity contribution in [3.8, 4) is 55.9 Å². The zero-order chi connectivity index (χ0) is 37.0. The molecule has 0 bridgehead atoms. The lowest BCUT2D eigenvalue weighted by atomic mass is 9.97. The van der Waals surface area contributed by atoms with Crippen molar-refractivity contribution in [1.29, 1.82) is 0 Å². The number of hydrogen-bond donors (Lipinski definition) is 0. The molecule has 2 heteroatoms. The van der Waals surface area contributed by atoms with Crippen LogP contribution >= 0.6 is 0 Å². The summed E-state index contributed by atoms with van der Waals surface area (Å²) in [5, 5.41) is 4.98. The summed E-state index contributed by atoms with van der Waals surface area (Å²) in [6, 6.07) is 79.4. The van der Waals surface area contributed by atoms with Gasteiger partial charge in [0.1, 0.15) is 0 Å². The van der Waals surface area contributed by atoms with E-state index in [9.17, 15) is 0 Å². The molecule has 0 saturated carbocycles. The normalized spacial score (nSPS) is 11.6. The van der Waals surface area contributed by atoms with E-state index < -0.39 is 0 Å². The summed E-state index contributed by atoms with van der Waals surface area (Å²) >= 11 is 0. The molecule has 0 aliphatic carbocycles. The Balaban J connectivity index is 1.10. The first kappa shape index (κ1) is 32.0. The Kier molecular flexibility index (Phi) is 7.53. The van der Waals surface area contributed by atoms with Crippen LogP contribution in [0.1, 0.15) is 0 Å². The van der Waals surface area contributed by atoms with Crippen molar-refractivity contribution in [3.63, 3.8) is 0 Å². The number of para-hydroxylation sites is 2. The van der Waals surface area contributed by atoms with E-state index in [4.69, 9.17) is 0 Å². The van der Waals surface area contributed by atoms with Gasteiger partial charge in [-0.2, -0.15) is 0 Å². The minimum atomic E-state index is 1.14. The minimum absolute atomic E-state index is 1.14. The van der Waals surface area contributed by atoms with Crippen molar-refractivity contribution in [2.45, 2.75) is 0 Å². The maximum absolute atomic E-state index is 2.45. The molecule has 0 atom stereocenters. The maximum Gasteiger partial charge on any atom is 0.0547 e. The van der Waals surface area contributed by atoms with Gasteiger partial charge < -0.3 is 9.13 Å². The molecule has 0 unspecified atom stereocenters. The smallest absolute Gasteiger partial charge is 0.0547 e. The first-order chi connectivity index (χ1) is 27.8. The molecule has 0 aliphatic heterocycles. The highest BCUT2D eigenvalue weighted by molar-refractivity contribution is 6.13. The molecule has 9 aromatic carbocycles.